The molecule has 1 aromatic heterocycles. The number of halogens is 1. The number of aryl methyl sites for hydroxylation is 2. The van der Waals surface area contributed by atoms with Crippen LogP contribution in [-0.2, 0) is 13.0 Å². The van der Waals surface area contributed by atoms with Crippen LogP contribution < -0.4 is 5.32 Å². The zero-order chi connectivity index (χ0) is 29.7. The van der Waals surface area contributed by atoms with Crippen molar-refractivity contribution >= 4 is 28.5 Å². The van der Waals surface area contributed by atoms with E-state index >= 15 is 0 Å². The second-order valence-electron chi connectivity index (χ2n) is 12.0. The Hall–Kier alpha value is -2.33. The summed E-state index contributed by atoms with van der Waals surface area (Å²) in [6.07, 6.45) is 26.4. The number of unbranched alkanes of at least 4 members (excludes halogenated alkanes) is 17. The lowest BCUT2D eigenvalue weighted by Gasteiger charge is -2.10. The highest BCUT2D eigenvalue weighted by atomic mass is 35.5. The van der Waals surface area contributed by atoms with E-state index < -0.39 is 0 Å². The topological polar surface area (TPSA) is 46.9 Å². The minimum Gasteiger partial charge on any atom is -0.352 e. The Labute approximate surface area is 261 Å². The molecule has 0 aliphatic carbocycles. The maximum atomic E-state index is 12.3. The van der Waals surface area contributed by atoms with E-state index in [1.165, 1.54) is 114 Å². The quantitative estimate of drug-likeness (QED) is 0.105. The molecule has 0 radical (unpaired) electrons. The number of nitrogens with one attached hydrogen (secondary N) is 1. The first-order valence-corrected chi connectivity index (χ1v) is 17.5. The Morgan fingerprint density at radius 3 is 1.95 bits per heavy atom. The average Bonchev–Trinajstić information content (AvgIpc) is 3.35. The maximum Gasteiger partial charge on any atom is 0.251 e. The highest BCUT2D eigenvalue weighted by Gasteiger charge is 2.10. The fraction of sp³-hybridized carbons (Fsp3) is 0.622. The Balaban J connectivity index is 1.24. The summed E-state index contributed by atoms with van der Waals surface area (Å²) in [5, 5.41) is 3.60. The summed E-state index contributed by atoms with van der Waals surface area (Å²) in [6, 6.07) is 15.7. The van der Waals surface area contributed by atoms with Crippen molar-refractivity contribution in [1.29, 1.82) is 0 Å². The molecular weight excluding hydrogens is 538 g/mol. The van der Waals surface area contributed by atoms with Crippen molar-refractivity contribution in [3.8, 4) is 0 Å². The Bertz CT molecular complexity index is 1140. The number of rotatable bonds is 24. The van der Waals surface area contributed by atoms with Gasteiger partial charge in [0.15, 0.2) is 0 Å². The zero-order valence-electron chi connectivity index (χ0n) is 26.4. The van der Waals surface area contributed by atoms with E-state index in [9.17, 15) is 4.79 Å². The predicted octanol–water partition coefficient (Wildman–Crippen LogP) is 11.1. The van der Waals surface area contributed by atoms with Crippen LogP contribution in [0.4, 0.5) is 0 Å². The van der Waals surface area contributed by atoms with Crippen molar-refractivity contribution in [3.05, 3.63) is 64.9 Å². The number of nitrogens with zero attached hydrogens (tertiary/aromatic N) is 2. The minimum atomic E-state index is -0.0573. The van der Waals surface area contributed by atoms with Gasteiger partial charge in [0, 0.05) is 30.1 Å². The lowest BCUT2D eigenvalue weighted by Crippen LogP contribution is -2.24. The number of para-hydroxylation sites is 2. The molecule has 3 aromatic rings. The second kappa shape index (κ2) is 21.4. The molecule has 42 heavy (non-hydrogen) atoms. The molecule has 1 N–H and O–H groups in total. The van der Waals surface area contributed by atoms with Crippen molar-refractivity contribution < 1.29 is 4.79 Å². The molecular formula is C37H56ClN3O. The zero-order valence-corrected chi connectivity index (χ0v) is 27.1. The molecule has 0 fully saturated rings. The van der Waals surface area contributed by atoms with Crippen LogP contribution in [-0.4, -0.2) is 22.0 Å². The number of aromatic nitrogens is 2. The van der Waals surface area contributed by atoms with Gasteiger partial charge in [-0.15, -0.1) is 0 Å². The summed E-state index contributed by atoms with van der Waals surface area (Å²) in [6.45, 7) is 4.03. The van der Waals surface area contributed by atoms with E-state index in [0.717, 1.165) is 37.7 Å². The van der Waals surface area contributed by atoms with E-state index in [0.29, 0.717) is 17.1 Å². The second-order valence-corrected chi connectivity index (χ2v) is 12.5. The lowest BCUT2D eigenvalue weighted by atomic mass is 10.0. The molecule has 0 aliphatic rings. The van der Waals surface area contributed by atoms with Gasteiger partial charge in [-0.1, -0.05) is 139 Å². The fourth-order valence-corrected chi connectivity index (χ4v) is 6.09. The monoisotopic (exact) mass is 593 g/mol. The number of carbonyl (C=O) groups excluding carboxylic acids is 1. The van der Waals surface area contributed by atoms with Crippen LogP contribution in [0.15, 0.2) is 48.5 Å². The van der Waals surface area contributed by atoms with E-state index in [1.54, 1.807) is 18.2 Å². The number of fused-ring (bicyclic) bond motifs is 1. The first-order valence-electron chi connectivity index (χ1n) is 17.2. The first kappa shape index (κ1) is 34.2. The van der Waals surface area contributed by atoms with Gasteiger partial charge < -0.3 is 9.88 Å². The number of benzene rings is 2. The highest BCUT2D eigenvalue weighted by Crippen LogP contribution is 2.20. The summed E-state index contributed by atoms with van der Waals surface area (Å²) in [4.78, 5) is 17.3. The highest BCUT2D eigenvalue weighted by molar-refractivity contribution is 6.30. The molecule has 232 valence electrons. The molecule has 2 aromatic carbocycles. The van der Waals surface area contributed by atoms with Crippen LogP contribution in [0, 0.1) is 0 Å². The number of hydrogen-bond acceptors (Lipinski definition) is 2. The van der Waals surface area contributed by atoms with Crippen molar-refractivity contribution in [3.63, 3.8) is 0 Å². The van der Waals surface area contributed by atoms with Crippen LogP contribution in [0.5, 0.6) is 0 Å². The Kier molecular flexibility index (Phi) is 17.4. The minimum absolute atomic E-state index is 0.0573. The van der Waals surface area contributed by atoms with Gasteiger partial charge in [-0.05, 0) is 49.6 Å². The third-order valence-electron chi connectivity index (χ3n) is 8.42. The summed E-state index contributed by atoms with van der Waals surface area (Å²) < 4.78 is 2.46. The first-order chi connectivity index (χ1) is 20.7. The molecule has 0 unspecified atom stereocenters. The summed E-state index contributed by atoms with van der Waals surface area (Å²) in [7, 11) is 0. The van der Waals surface area contributed by atoms with Gasteiger partial charge in [0.1, 0.15) is 5.82 Å². The van der Waals surface area contributed by atoms with Crippen molar-refractivity contribution in [2.24, 2.45) is 0 Å². The molecule has 4 nitrogen and oxygen atoms in total. The molecule has 0 saturated carbocycles. The van der Waals surface area contributed by atoms with Crippen molar-refractivity contribution in [1.82, 2.24) is 14.9 Å². The molecule has 0 saturated heterocycles. The van der Waals surface area contributed by atoms with E-state index in [-0.39, 0.29) is 5.91 Å². The largest absolute Gasteiger partial charge is 0.352 e. The van der Waals surface area contributed by atoms with Gasteiger partial charge in [0.05, 0.1) is 11.0 Å². The van der Waals surface area contributed by atoms with Crippen LogP contribution in [0.25, 0.3) is 11.0 Å². The molecule has 0 spiro atoms. The summed E-state index contributed by atoms with van der Waals surface area (Å²) >= 11 is 6.00. The summed E-state index contributed by atoms with van der Waals surface area (Å²) in [5.41, 5.74) is 2.99. The van der Waals surface area contributed by atoms with Crippen molar-refractivity contribution in [2.45, 2.75) is 142 Å². The van der Waals surface area contributed by atoms with Crippen LogP contribution in [0.3, 0.4) is 0 Å². The molecule has 3 rings (SSSR count). The molecule has 0 bridgehead atoms. The van der Waals surface area contributed by atoms with Crippen LogP contribution in [0.1, 0.15) is 145 Å². The molecule has 0 atom stereocenters. The molecule has 0 aliphatic heterocycles. The standard InChI is InChI=1S/C37H56ClN3O/c1-2-3-4-5-6-7-8-9-10-11-12-13-14-15-16-22-30-41-35-27-20-19-26-34(35)40-36(41)28-18-17-21-29-39-37(42)32-24-23-25-33(38)31-32/h19-20,23-27,31H,2-18,21-22,28-30H2,1H3,(H,39,42). The van der Waals surface area contributed by atoms with Gasteiger partial charge in [-0.2, -0.15) is 0 Å². The molecule has 1 heterocycles. The fourth-order valence-electron chi connectivity index (χ4n) is 5.90. The van der Waals surface area contributed by atoms with Gasteiger partial charge >= 0.3 is 0 Å². The Morgan fingerprint density at radius 2 is 1.31 bits per heavy atom. The lowest BCUT2D eigenvalue weighted by molar-refractivity contribution is 0.0953. The van der Waals surface area contributed by atoms with Gasteiger partial charge in [0.2, 0.25) is 0 Å². The van der Waals surface area contributed by atoms with Crippen LogP contribution >= 0.6 is 11.6 Å². The smallest absolute Gasteiger partial charge is 0.251 e. The number of carbonyl (C=O) groups is 1. The normalized spacial score (nSPS) is 11.4. The van der Waals surface area contributed by atoms with Crippen LogP contribution in [0.2, 0.25) is 5.02 Å². The van der Waals surface area contributed by atoms with Crippen molar-refractivity contribution in [2.75, 3.05) is 6.54 Å². The predicted molar refractivity (Wildman–Crippen MR) is 181 cm³/mol. The number of hydrogen-bond donors (Lipinski definition) is 1. The maximum absolute atomic E-state index is 12.3. The Morgan fingerprint density at radius 1 is 0.714 bits per heavy atom. The van der Waals surface area contributed by atoms with Gasteiger partial charge in [-0.3, -0.25) is 4.79 Å². The van der Waals surface area contributed by atoms with E-state index in [2.05, 4.69) is 41.1 Å². The SMILES string of the molecule is CCCCCCCCCCCCCCCCCCn1c(CCCCCNC(=O)c2cccc(Cl)c2)nc2ccccc21. The van der Waals surface area contributed by atoms with Gasteiger partial charge in [0.25, 0.3) is 5.91 Å². The van der Waals surface area contributed by atoms with Gasteiger partial charge in [-0.25, -0.2) is 4.98 Å². The summed E-state index contributed by atoms with van der Waals surface area (Å²) in [5.74, 6) is 1.15. The molecule has 1 amide bonds. The molecule has 5 heteroatoms. The average molecular weight is 594 g/mol. The third-order valence-corrected chi connectivity index (χ3v) is 8.65. The third kappa shape index (κ3) is 13.3. The number of amides is 1. The van der Waals surface area contributed by atoms with E-state index in [1.807, 2.05) is 6.07 Å². The van der Waals surface area contributed by atoms with E-state index in [4.69, 9.17) is 16.6 Å². The number of imidazole rings is 1.